The quantitative estimate of drug-likeness (QED) is 0.279. The lowest BCUT2D eigenvalue weighted by Gasteiger charge is -2.10. The third-order valence-electron chi connectivity index (χ3n) is 6.55. The number of tetrazole rings is 1. The van der Waals surface area contributed by atoms with Gasteiger partial charge in [0, 0.05) is 29.8 Å². The number of fused-ring (bicyclic) bond motifs is 1. The van der Waals surface area contributed by atoms with Gasteiger partial charge in [-0.2, -0.15) is 0 Å². The van der Waals surface area contributed by atoms with Gasteiger partial charge in [-0.3, -0.25) is 0 Å². The normalized spacial score (nSPS) is 11.4. The lowest BCUT2D eigenvalue weighted by molar-refractivity contribution is 0.753. The molecule has 0 amide bonds. The maximum absolute atomic E-state index is 4.91. The Labute approximate surface area is 213 Å². The van der Waals surface area contributed by atoms with Crippen LogP contribution in [0.1, 0.15) is 34.3 Å². The molecule has 0 bridgehead atoms. The lowest BCUT2D eigenvalue weighted by Crippen LogP contribution is -2.04. The van der Waals surface area contributed by atoms with Gasteiger partial charge in [0.25, 0.3) is 0 Å². The first-order valence-corrected chi connectivity index (χ1v) is 13.0. The Morgan fingerprint density at radius 2 is 1.75 bits per heavy atom. The first-order chi connectivity index (χ1) is 17.7. The second kappa shape index (κ2) is 9.51. The van der Waals surface area contributed by atoms with Crippen LogP contribution < -0.4 is 0 Å². The molecule has 0 saturated carbocycles. The SMILES string of the molecule is CCc1nc2c(C)cccc2n1Cc1ccc(-c2cc(Cc3ccccc3)sc2-c2nnn[nH]2)cc1. The Hall–Kier alpha value is -4.10. The number of para-hydroxylation sites is 1. The van der Waals surface area contributed by atoms with E-state index in [1.807, 2.05) is 6.07 Å². The number of hydrogen-bond acceptors (Lipinski definition) is 5. The number of H-pyrrole nitrogens is 1. The maximum Gasteiger partial charge on any atom is 0.190 e. The summed E-state index contributed by atoms with van der Waals surface area (Å²) in [6, 6.07) is 28.0. The number of imidazole rings is 1. The van der Waals surface area contributed by atoms with E-state index in [0.717, 1.165) is 46.7 Å². The highest BCUT2D eigenvalue weighted by Gasteiger charge is 2.17. The fourth-order valence-electron chi connectivity index (χ4n) is 4.73. The molecule has 0 atom stereocenters. The van der Waals surface area contributed by atoms with Crippen LogP contribution in [0.4, 0.5) is 0 Å². The summed E-state index contributed by atoms with van der Waals surface area (Å²) in [5.41, 5.74) is 8.35. The van der Waals surface area contributed by atoms with Gasteiger partial charge in [0.1, 0.15) is 5.82 Å². The lowest BCUT2D eigenvalue weighted by atomic mass is 10.0. The molecular formula is C29H26N6S. The van der Waals surface area contributed by atoms with E-state index in [0.29, 0.717) is 5.82 Å². The van der Waals surface area contributed by atoms with Gasteiger partial charge in [-0.05, 0) is 51.7 Å². The number of hydrogen-bond donors (Lipinski definition) is 1. The van der Waals surface area contributed by atoms with Gasteiger partial charge in [-0.15, -0.1) is 16.4 Å². The highest BCUT2D eigenvalue weighted by atomic mass is 32.1. The van der Waals surface area contributed by atoms with E-state index in [-0.39, 0.29) is 0 Å². The van der Waals surface area contributed by atoms with Gasteiger partial charge in [-0.1, -0.05) is 73.7 Å². The smallest absolute Gasteiger partial charge is 0.190 e. The zero-order valence-electron chi connectivity index (χ0n) is 20.3. The third-order valence-corrected chi connectivity index (χ3v) is 7.69. The van der Waals surface area contributed by atoms with Gasteiger partial charge in [0.05, 0.1) is 15.9 Å². The maximum atomic E-state index is 4.91. The monoisotopic (exact) mass is 490 g/mol. The molecule has 6 aromatic rings. The summed E-state index contributed by atoms with van der Waals surface area (Å²) in [6.07, 6.45) is 1.78. The van der Waals surface area contributed by atoms with Crippen molar-refractivity contribution in [1.82, 2.24) is 30.2 Å². The number of benzene rings is 3. The number of nitrogens with zero attached hydrogens (tertiary/aromatic N) is 5. The molecule has 3 aromatic heterocycles. The molecular weight excluding hydrogens is 464 g/mol. The zero-order valence-corrected chi connectivity index (χ0v) is 21.1. The minimum Gasteiger partial charge on any atom is -0.323 e. The van der Waals surface area contributed by atoms with Crippen molar-refractivity contribution in [3.63, 3.8) is 0 Å². The molecule has 0 unspecified atom stereocenters. The molecule has 0 saturated heterocycles. The molecule has 0 aliphatic carbocycles. The molecule has 178 valence electrons. The molecule has 0 radical (unpaired) electrons. The van der Waals surface area contributed by atoms with Crippen LogP contribution in [0.3, 0.4) is 0 Å². The predicted molar refractivity (Wildman–Crippen MR) is 145 cm³/mol. The van der Waals surface area contributed by atoms with E-state index in [1.165, 1.54) is 27.1 Å². The second-order valence-corrected chi connectivity index (χ2v) is 10.1. The Kier molecular flexibility index (Phi) is 5.91. The standard InChI is InChI=1S/C29H26N6S/c1-3-26-30-27-19(2)8-7-11-25(27)35(26)18-21-12-14-22(15-13-21)24-17-23(16-20-9-5-4-6-10-20)36-28(24)29-31-33-34-32-29/h4-15,17H,3,16,18H2,1-2H3,(H,31,32,33,34). The summed E-state index contributed by atoms with van der Waals surface area (Å²) in [5, 5.41) is 14.8. The van der Waals surface area contributed by atoms with E-state index >= 15 is 0 Å². The molecule has 0 aliphatic heterocycles. The van der Waals surface area contributed by atoms with Crippen molar-refractivity contribution in [2.75, 3.05) is 0 Å². The van der Waals surface area contributed by atoms with E-state index < -0.39 is 0 Å². The van der Waals surface area contributed by atoms with Crippen molar-refractivity contribution < 1.29 is 0 Å². The molecule has 6 nitrogen and oxygen atoms in total. The van der Waals surface area contributed by atoms with E-state index in [1.54, 1.807) is 11.3 Å². The van der Waals surface area contributed by atoms with Crippen LogP contribution in [-0.4, -0.2) is 30.2 Å². The van der Waals surface area contributed by atoms with Crippen molar-refractivity contribution in [2.24, 2.45) is 0 Å². The van der Waals surface area contributed by atoms with Gasteiger partial charge >= 0.3 is 0 Å². The third kappa shape index (κ3) is 4.22. The summed E-state index contributed by atoms with van der Waals surface area (Å²) in [5.74, 6) is 1.82. The van der Waals surface area contributed by atoms with Gasteiger partial charge in [0.15, 0.2) is 5.82 Å². The van der Waals surface area contributed by atoms with Gasteiger partial charge in [0.2, 0.25) is 0 Å². The number of aryl methyl sites for hydroxylation is 2. The predicted octanol–water partition coefficient (Wildman–Crippen LogP) is 6.45. The van der Waals surface area contributed by atoms with Gasteiger partial charge < -0.3 is 4.57 Å². The molecule has 3 aromatic carbocycles. The van der Waals surface area contributed by atoms with Crippen molar-refractivity contribution in [3.8, 4) is 21.8 Å². The van der Waals surface area contributed by atoms with E-state index in [9.17, 15) is 0 Å². The molecule has 0 spiro atoms. The minimum atomic E-state index is 0.700. The fraction of sp³-hybridized carbons (Fsp3) is 0.172. The Morgan fingerprint density at radius 3 is 2.50 bits per heavy atom. The minimum absolute atomic E-state index is 0.700. The molecule has 0 aliphatic rings. The van der Waals surface area contributed by atoms with Crippen molar-refractivity contribution in [3.05, 3.63) is 106 Å². The van der Waals surface area contributed by atoms with Crippen LogP contribution in [0.15, 0.2) is 78.9 Å². The number of aromatic nitrogens is 6. The average molecular weight is 491 g/mol. The number of nitrogens with one attached hydrogen (secondary N) is 1. The topological polar surface area (TPSA) is 72.3 Å². The molecule has 6 rings (SSSR count). The molecule has 7 heteroatoms. The Bertz CT molecular complexity index is 1610. The summed E-state index contributed by atoms with van der Waals surface area (Å²) < 4.78 is 2.34. The zero-order chi connectivity index (χ0) is 24.5. The largest absolute Gasteiger partial charge is 0.323 e. The first kappa shape index (κ1) is 22.4. The van der Waals surface area contributed by atoms with Crippen LogP contribution in [0.5, 0.6) is 0 Å². The first-order valence-electron chi connectivity index (χ1n) is 12.1. The van der Waals surface area contributed by atoms with Crippen LogP contribution in [0.2, 0.25) is 0 Å². The highest BCUT2D eigenvalue weighted by molar-refractivity contribution is 7.16. The average Bonchev–Trinajstić information content (AvgIpc) is 3.65. The van der Waals surface area contributed by atoms with Crippen molar-refractivity contribution in [2.45, 2.75) is 33.2 Å². The van der Waals surface area contributed by atoms with E-state index in [4.69, 9.17) is 4.98 Å². The van der Waals surface area contributed by atoms with Crippen LogP contribution in [0.25, 0.3) is 32.9 Å². The molecule has 1 N–H and O–H groups in total. The van der Waals surface area contributed by atoms with Crippen molar-refractivity contribution >= 4 is 22.4 Å². The molecule has 0 fully saturated rings. The van der Waals surface area contributed by atoms with Crippen LogP contribution in [0, 0.1) is 6.92 Å². The second-order valence-electron chi connectivity index (χ2n) is 8.98. The fourth-order valence-corrected chi connectivity index (χ4v) is 5.87. The van der Waals surface area contributed by atoms with E-state index in [2.05, 4.69) is 112 Å². The summed E-state index contributed by atoms with van der Waals surface area (Å²) in [7, 11) is 0. The number of thiophene rings is 1. The van der Waals surface area contributed by atoms with Crippen LogP contribution in [-0.2, 0) is 19.4 Å². The van der Waals surface area contributed by atoms with Crippen molar-refractivity contribution in [1.29, 1.82) is 0 Å². The number of rotatable bonds is 7. The van der Waals surface area contributed by atoms with Gasteiger partial charge in [-0.25, -0.2) is 10.1 Å². The highest BCUT2D eigenvalue weighted by Crippen LogP contribution is 2.38. The Balaban J connectivity index is 1.33. The number of aromatic amines is 1. The Morgan fingerprint density at radius 1 is 0.917 bits per heavy atom. The molecule has 3 heterocycles. The summed E-state index contributed by atoms with van der Waals surface area (Å²) >= 11 is 1.74. The molecule has 36 heavy (non-hydrogen) atoms. The van der Waals surface area contributed by atoms with Crippen LogP contribution >= 0.6 is 11.3 Å². The summed E-state index contributed by atoms with van der Waals surface area (Å²) in [4.78, 5) is 7.25. The summed E-state index contributed by atoms with van der Waals surface area (Å²) in [6.45, 7) is 5.09.